The van der Waals surface area contributed by atoms with Gasteiger partial charge in [0.1, 0.15) is 4.60 Å². The molecule has 0 saturated heterocycles. The number of aromatic nitrogens is 2. The van der Waals surface area contributed by atoms with E-state index in [1.54, 1.807) is 6.20 Å². The Morgan fingerprint density at radius 2 is 2.56 bits per heavy atom. The molecule has 3 nitrogen and oxygen atoms in total. The summed E-state index contributed by atoms with van der Waals surface area (Å²) in [5.74, 6) is 0.393. The van der Waals surface area contributed by atoms with Crippen molar-refractivity contribution in [2.45, 2.75) is 0 Å². The van der Waals surface area contributed by atoms with Crippen LogP contribution in [0.1, 0.15) is 0 Å². The fraction of sp³-hybridized carbons (Fsp3) is 0.200. The van der Waals surface area contributed by atoms with E-state index in [1.807, 2.05) is 0 Å². The van der Waals surface area contributed by atoms with Crippen molar-refractivity contribution in [3.05, 3.63) is 17.0 Å². The van der Waals surface area contributed by atoms with Crippen LogP contribution in [-0.4, -0.2) is 17.1 Å². The minimum atomic E-state index is 0.393. The van der Waals surface area contributed by atoms with Crippen molar-refractivity contribution in [3.8, 4) is 5.88 Å². The van der Waals surface area contributed by atoms with Crippen molar-refractivity contribution >= 4 is 15.9 Å². The zero-order valence-electron chi connectivity index (χ0n) is 4.76. The maximum absolute atomic E-state index is 4.74. The maximum Gasteiger partial charge on any atom is 0.243 e. The Bertz CT molecular complexity index is 204. The van der Waals surface area contributed by atoms with Crippen LogP contribution in [0.15, 0.2) is 10.8 Å². The van der Waals surface area contributed by atoms with Crippen LogP contribution in [-0.2, 0) is 0 Å². The second-order valence-electron chi connectivity index (χ2n) is 1.31. The van der Waals surface area contributed by atoms with Crippen molar-refractivity contribution in [2.24, 2.45) is 0 Å². The first-order chi connectivity index (χ1) is 4.33. The van der Waals surface area contributed by atoms with E-state index in [0.717, 1.165) is 0 Å². The summed E-state index contributed by atoms with van der Waals surface area (Å²) in [5.41, 5.74) is 0. The third-order valence-electron chi connectivity index (χ3n) is 0.733. The second kappa shape index (κ2) is 2.77. The van der Waals surface area contributed by atoms with Gasteiger partial charge in [-0.2, -0.15) is 0 Å². The van der Waals surface area contributed by atoms with Gasteiger partial charge in [-0.3, -0.25) is 0 Å². The highest BCUT2D eigenvalue weighted by atomic mass is 79.9. The molecule has 1 aromatic rings. The van der Waals surface area contributed by atoms with E-state index in [0.29, 0.717) is 10.5 Å². The predicted molar refractivity (Wildman–Crippen MR) is 35.1 cm³/mol. The highest BCUT2D eigenvalue weighted by molar-refractivity contribution is 9.10. The van der Waals surface area contributed by atoms with Crippen LogP contribution in [0, 0.1) is 6.20 Å². The van der Waals surface area contributed by atoms with Gasteiger partial charge in [0, 0.05) is 0 Å². The highest BCUT2D eigenvalue weighted by Gasteiger charge is 1.92. The third-order valence-corrected chi connectivity index (χ3v) is 1.12. The molecule has 0 unspecified atom stereocenters. The van der Waals surface area contributed by atoms with Gasteiger partial charge < -0.3 is 4.74 Å². The molecule has 1 rings (SSSR count). The number of rotatable bonds is 1. The van der Waals surface area contributed by atoms with Crippen molar-refractivity contribution in [3.63, 3.8) is 0 Å². The van der Waals surface area contributed by atoms with Crippen LogP contribution in [0.5, 0.6) is 5.88 Å². The molecule has 1 aromatic heterocycles. The summed E-state index contributed by atoms with van der Waals surface area (Å²) in [4.78, 5) is 7.56. The lowest BCUT2D eigenvalue weighted by atomic mass is 10.7. The summed E-state index contributed by atoms with van der Waals surface area (Å²) < 4.78 is 5.39. The van der Waals surface area contributed by atoms with E-state index in [2.05, 4.69) is 32.1 Å². The zero-order valence-corrected chi connectivity index (χ0v) is 6.34. The van der Waals surface area contributed by atoms with E-state index >= 15 is 0 Å². The molecule has 0 bridgehead atoms. The molecule has 9 heavy (non-hydrogen) atoms. The molecule has 0 atom stereocenters. The molecule has 0 spiro atoms. The molecule has 0 N–H and O–H groups in total. The van der Waals surface area contributed by atoms with Crippen LogP contribution in [0.4, 0.5) is 0 Å². The van der Waals surface area contributed by atoms with Crippen molar-refractivity contribution < 1.29 is 4.74 Å². The Morgan fingerprint density at radius 1 is 1.78 bits per heavy atom. The van der Waals surface area contributed by atoms with Crippen molar-refractivity contribution in [1.82, 2.24) is 9.97 Å². The molecule has 0 saturated carbocycles. The molecule has 1 heterocycles. The Balaban J connectivity index is 2.94. The van der Waals surface area contributed by atoms with Crippen LogP contribution < -0.4 is 4.74 Å². The van der Waals surface area contributed by atoms with Gasteiger partial charge in [0.25, 0.3) is 0 Å². The largest absolute Gasteiger partial charge is 0.479 e. The third kappa shape index (κ3) is 1.64. The molecule has 0 amide bonds. The summed E-state index contributed by atoms with van der Waals surface area (Å²) >= 11 is 3.13. The Labute approximate surface area is 61.2 Å². The topological polar surface area (TPSA) is 35.0 Å². The summed E-state index contributed by atoms with van der Waals surface area (Å²) in [7, 11) is 1.52. The summed E-state index contributed by atoms with van der Waals surface area (Å²) in [6, 6.07) is 0. The quantitative estimate of drug-likeness (QED) is 0.660. The van der Waals surface area contributed by atoms with Gasteiger partial charge in [-0.25, -0.2) is 9.97 Å². The van der Waals surface area contributed by atoms with E-state index < -0.39 is 0 Å². The highest BCUT2D eigenvalue weighted by Crippen LogP contribution is 2.07. The molecule has 0 aliphatic heterocycles. The molecule has 47 valence electrons. The van der Waals surface area contributed by atoms with Crippen molar-refractivity contribution in [1.29, 1.82) is 0 Å². The molecule has 0 aliphatic carbocycles. The fourth-order valence-electron chi connectivity index (χ4n) is 0.383. The SMILES string of the molecule is COc1[c]ncc(Br)n1. The van der Waals surface area contributed by atoms with E-state index in [-0.39, 0.29) is 0 Å². The minimum Gasteiger partial charge on any atom is -0.479 e. The summed E-state index contributed by atoms with van der Waals surface area (Å²) in [6.45, 7) is 0. The normalized spacial score (nSPS) is 9.11. The number of hydrogen-bond acceptors (Lipinski definition) is 3. The van der Waals surface area contributed by atoms with Crippen LogP contribution >= 0.6 is 15.9 Å². The lowest BCUT2D eigenvalue weighted by molar-refractivity contribution is 0.393. The van der Waals surface area contributed by atoms with Crippen molar-refractivity contribution in [2.75, 3.05) is 7.11 Å². The molecule has 0 fully saturated rings. The second-order valence-corrected chi connectivity index (χ2v) is 2.13. The van der Waals surface area contributed by atoms with Gasteiger partial charge in [-0.1, -0.05) is 0 Å². The summed E-state index contributed by atoms with van der Waals surface area (Å²) in [5, 5.41) is 0. The Hall–Kier alpha value is -0.640. The lowest BCUT2D eigenvalue weighted by Gasteiger charge is -1.93. The van der Waals surface area contributed by atoms with Crippen LogP contribution in [0.25, 0.3) is 0 Å². The molecule has 4 heteroatoms. The standard InChI is InChI=1S/C5H4BrN2O/c1-9-5-3-7-2-4(6)8-5/h2H,1H3. The maximum atomic E-state index is 4.74. The van der Waals surface area contributed by atoms with Gasteiger partial charge >= 0.3 is 0 Å². The predicted octanol–water partition coefficient (Wildman–Crippen LogP) is 1.05. The monoisotopic (exact) mass is 187 g/mol. The number of nitrogens with zero attached hydrogens (tertiary/aromatic N) is 2. The molecular formula is C5H4BrN2O. The zero-order chi connectivity index (χ0) is 6.69. The first kappa shape index (κ1) is 6.48. The molecule has 1 radical (unpaired) electrons. The smallest absolute Gasteiger partial charge is 0.243 e. The minimum absolute atomic E-state index is 0.393. The molecule has 0 aromatic carbocycles. The first-order valence-electron chi connectivity index (χ1n) is 2.27. The first-order valence-corrected chi connectivity index (χ1v) is 3.06. The van der Waals surface area contributed by atoms with E-state index in [1.165, 1.54) is 7.11 Å². The van der Waals surface area contributed by atoms with Gasteiger partial charge in [0.15, 0.2) is 6.20 Å². The number of ether oxygens (including phenoxy) is 1. The van der Waals surface area contributed by atoms with E-state index in [9.17, 15) is 0 Å². The van der Waals surface area contributed by atoms with Crippen LogP contribution in [0.3, 0.4) is 0 Å². The molecule has 0 aliphatic rings. The van der Waals surface area contributed by atoms with Gasteiger partial charge in [-0.05, 0) is 15.9 Å². The summed E-state index contributed by atoms with van der Waals surface area (Å²) in [6.07, 6.45) is 4.09. The van der Waals surface area contributed by atoms with Gasteiger partial charge in [-0.15, -0.1) is 0 Å². The Kier molecular flexibility index (Phi) is 2.00. The number of halogens is 1. The van der Waals surface area contributed by atoms with Crippen LogP contribution in [0.2, 0.25) is 0 Å². The Morgan fingerprint density at radius 3 is 3.00 bits per heavy atom. The van der Waals surface area contributed by atoms with E-state index in [4.69, 9.17) is 4.74 Å². The van der Waals surface area contributed by atoms with Gasteiger partial charge in [0.2, 0.25) is 5.88 Å². The fourth-order valence-corrected chi connectivity index (χ4v) is 0.646. The lowest BCUT2D eigenvalue weighted by Crippen LogP contribution is -1.88. The average molecular weight is 188 g/mol. The van der Waals surface area contributed by atoms with Gasteiger partial charge in [0.05, 0.1) is 13.3 Å². The number of hydrogen-bond donors (Lipinski definition) is 0. The number of methoxy groups -OCH3 is 1. The average Bonchev–Trinajstić information content (AvgIpc) is 1.88. The molecular weight excluding hydrogens is 184 g/mol.